The molecule has 1 fully saturated rings. The molecule has 1 aromatic carbocycles. The molecule has 0 bridgehead atoms. The van der Waals surface area contributed by atoms with E-state index in [9.17, 15) is 14.9 Å². The van der Waals surface area contributed by atoms with Crippen molar-refractivity contribution >= 4 is 29.0 Å². The Morgan fingerprint density at radius 3 is 2.76 bits per heavy atom. The lowest BCUT2D eigenvalue weighted by Gasteiger charge is -2.33. The molecule has 2 atom stereocenters. The molecule has 1 aliphatic heterocycles. The number of hydrogen-bond acceptors (Lipinski definition) is 8. The first-order valence-electron chi connectivity index (χ1n) is 12.2. The van der Waals surface area contributed by atoms with Gasteiger partial charge in [0.1, 0.15) is 17.3 Å². The van der Waals surface area contributed by atoms with E-state index in [-0.39, 0.29) is 19.1 Å². The van der Waals surface area contributed by atoms with E-state index in [2.05, 4.69) is 21.4 Å². The van der Waals surface area contributed by atoms with Crippen LogP contribution in [0.1, 0.15) is 50.7 Å². The maximum atomic E-state index is 13.0. The maximum absolute atomic E-state index is 13.0. The number of rotatable bonds is 5. The fourth-order valence-corrected chi connectivity index (χ4v) is 4.19. The van der Waals surface area contributed by atoms with Gasteiger partial charge in [-0.1, -0.05) is 12.1 Å². The van der Waals surface area contributed by atoms with Crippen LogP contribution in [-0.4, -0.2) is 67.8 Å². The van der Waals surface area contributed by atoms with E-state index in [1.165, 1.54) is 4.90 Å². The first-order valence-corrected chi connectivity index (χ1v) is 12.2. The van der Waals surface area contributed by atoms with Gasteiger partial charge in [0.05, 0.1) is 35.9 Å². The summed E-state index contributed by atoms with van der Waals surface area (Å²) in [4.78, 5) is 40.3. The highest BCUT2D eigenvalue weighted by Crippen LogP contribution is 2.28. The Morgan fingerprint density at radius 1 is 1.30 bits per heavy atom. The number of anilines is 1. The first kappa shape index (κ1) is 26.0. The Morgan fingerprint density at radius 2 is 2.05 bits per heavy atom. The molecule has 4 rings (SSSR count). The van der Waals surface area contributed by atoms with Gasteiger partial charge in [0, 0.05) is 19.3 Å². The van der Waals surface area contributed by atoms with Crippen LogP contribution >= 0.6 is 0 Å². The van der Waals surface area contributed by atoms with Crippen LogP contribution in [0.2, 0.25) is 0 Å². The van der Waals surface area contributed by atoms with Crippen molar-refractivity contribution in [2.45, 2.75) is 58.8 Å². The number of nitriles is 1. The van der Waals surface area contributed by atoms with E-state index in [4.69, 9.17) is 14.5 Å². The summed E-state index contributed by atoms with van der Waals surface area (Å²) in [7, 11) is 0. The predicted molar refractivity (Wildman–Crippen MR) is 136 cm³/mol. The molecular formula is C26H31N7O4. The summed E-state index contributed by atoms with van der Waals surface area (Å²) in [6, 6.07) is 10.0. The van der Waals surface area contributed by atoms with Gasteiger partial charge in [0.2, 0.25) is 5.95 Å². The molecule has 0 spiro atoms. The Labute approximate surface area is 215 Å². The van der Waals surface area contributed by atoms with Gasteiger partial charge in [-0.25, -0.2) is 19.7 Å². The lowest BCUT2D eigenvalue weighted by molar-refractivity contribution is -0.132. The van der Waals surface area contributed by atoms with Crippen molar-refractivity contribution in [1.82, 2.24) is 24.4 Å². The first-order chi connectivity index (χ1) is 17.6. The average molecular weight is 506 g/mol. The van der Waals surface area contributed by atoms with Crippen molar-refractivity contribution in [1.29, 1.82) is 5.26 Å². The zero-order chi connectivity index (χ0) is 26.7. The number of nitrogens with zero attached hydrogens (tertiary/aromatic N) is 6. The molecule has 3 heterocycles. The van der Waals surface area contributed by atoms with E-state index >= 15 is 0 Å². The Kier molecular flexibility index (Phi) is 7.40. The summed E-state index contributed by atoms with van der Waals surface area (Å²) in [5, 5.41) is 12.8. The second-order valence-electron chi connectivity index (χ2n) is 9.80. The van der Waals surface area contributed by atoms with Gasteiger partial charge in [-0.05, 0) is 52.3 Å². The minimum atomic E-state index is -0.911. The number of carbonyl (C=O) groups is 2. The van der Waals surface area contributed by atoms with E-state index in [0.29, 0.717) is 30.2 Å². The monoisotopic (exact) mass is 505 g/mol. The molecule has 0 aliphatic carbocycles. The number of imidazole rings is 1. The molecule has 2 aromatic heterocycles. The second kappa shape index (κ2) is 10.5. The normalized spacial score (nSPS) is 16.8. The van der Waals surface area contributed by atoms with Crippen LogP contribution in [0.15, 0.2) is 30.5 Å². The molecule has 11 nitrogen and oxygen atoms in total. The van der Waals surface area contributed by atoms with E-state index in [0.717, 1.165) is 11.0 Å². The van der Waals surface area contributed by atoms with Gasteiger partial charge < -0.3 is 18.9 Å². The Balaban J connectivity index is 1.55. The van der Waals surface area contributed by atoms with E-state index in [1.807, 2.05) is 42.7 Å². The number of para-hydroxylation sites is 2. The number of amides is 2. The molecule has 37 heavy (non-hydrogen) atoms. The van der Waals surface area contributed by atoms with Gasteiger partial charge in [-0.2, -0.15) is 5.26 Å². The molecule has 1 N–H and O–H groups in total. The van der Waals surface area contributed by atoms with Gasteiger partial charge in [-0.3, -0.25) is 10.1 Å². The molecule has 2 unspecified atom stereocenters. The molecule has 11 heteroatoms. The molecule has 1 aliphatic rings. The highest BCUT2D eigenvalue weighted by atomic mass is 16.6. The van der Waals surface area contributed by atoms with Crippen LogP contribution < -0.4 is 5.32 Å². The van der Waals surface area contributed by atoms with Crippen LogP contribution in [0, 0.1) is 18.3 Å². The molecular weight excluding hydrogens is 474 g/mol. The topological polar surface area (TPSA) is 135 Å². The zero-order valence-corrected chi connectivity index (χ0v) is 21.7. The molecule has 3 aromatic rings. The van der Waals surface area contributed by atoms with Crippen molar-refractivity contribution in [3.05, 3.63) is 47.5 Å². The molecule has 194 valence electrons. The van der Waals surface area contributed by atoms with Gasteiger partial charge >= 0.3 is 6.09 Å². The summed E-state index contributed by atoms with van der Waals surface area (Å²) in [5.41, 5.74) is 2.24. The summed E-state index contributed by atoms with van der Waals surface area (Å²) in [5.74, 6) is -0.631. The van der Waals surface area contributed by atoms with Crippen molar-refractivity contribution < 1.29 is 19.1 Å². The standard InChI is InChI=1S/C26H31N7O4/c1-6-33-19-10-8-7-9-18(19)29-22(33)17(13-27)21-16(2)14-28-24(30-21)31-23(34)20-15-32(11-12-36-20)25(35)37-26(3,4)5/h7-10,14,17,20H,6,11-12,15H2,1-5H3,(H,28,30,31,34). The smallest absolute Gasteiger partial charge is 0.410 e. The summed E-state index contributed by atoms with van der Waals surface area (Å²) < 4.78 is 13.0. The van der Waals surface area contributed by atoms with E-state index in [1.54, 1.807) is 27.0 Å². The molecule has 2 amide bonds. The van der Waals surface area contributed by atoms with Gasteiger partial charge in [0.15, 0.2) is 6.10 Å². The third-order valence-electron chi connectivity index (χ3n) is 5.92. The number of aryl methyl sites for hydroxylation is 2. The van der Waals surface area contributed by atoms with Crippen LogP contribution in [-0.2, 0) is 20.8 Å². The minimum absolute atomic E-state index is 0.0425. The van der Waals surface area contributed by atoms with Crippen molar-refractivity contribution in [2.75, 3.05) is 25.0 Å². The Bertz CT molecular complexity index is 1360. The highest BCUT2D eigenvalue weighted by Gasteiger charge is 2.32. The molecule has 1 saturated heterocycles. The van der Waals surface area contributed by atoms with Crippen LogP contribution in [0.25, 0.3) is 11.0 Å². The number of ether oxygens (including phenoxy) is 2. The lowest BCUT2D eigenvalue weighted by Crippen LogP contribution is -2.51. The second-order valence-corrected chi connectivity index (χ2v) is 9.80. The summed E-state index contributed by atoms with van der Waals surface area (Å²) >= 11 is 0. The summed E-state index contributed by atoms with van der Waals surface area (Å²) in [6.07, 6.45) is 0.152. The minimum Gasteiger partial charge on any atom is -0.444 e. The van der Waals surface area contributed by atoms with Crippen molar-refractivity contribution in [3.8, 4) is 6.07 Å². The average Bonchev–Trinajstić information content (AvgIpc) is 3.23. The number of hydrogen-bond donors (Lipinski definition) is 1. The Hall–Kier alpha value is -4.04. The third kappa shape index (κ3) is 5.70. The third-order valence-corrected chi connectivity index (χ3v) is 5.92. The van der Waals surface area contributed by atoms with Crippen LogP contribution in [0.4, 0.5) is 10.7 Å². The molecule has 0 radical (unpaired) electrons. The van der Waals surface area contributed by atoms with Crippen LogP contribution in [0.3, 0.4) is 0 Å². The number of fused-ring (bicyclic) bond motifs is 1. The summed E-state index contributed by atoms with van der Waals surface area (Å²) in [6.45, 7) is 10.4. The number of benzene rings is 1. The number of nitrogens with one attached hydrogen (secondary N) is 1. The largest absolute Gasteiger partial charge is 0.444 e. The molecule has 0 saturated carbocycles. The fourth-order valence-electron chi connectivity index (χ4n) is 4.19. The predicted octanol–water partition coefficient (Wildman–Crippen LogP) is 3.38. The maximum Gasteiger partial charge on any atom is 0.410 e. The number of aromatic nitrogens is 4. The zero-order valence-electron chi connectivity index (χ0n) is 21.7. The fraction of sp³-hybridized carbons (Fsp3) is 0.462. The van der Waals surface area contributed by atoms with E-state index < -0.39 is 29.6 Å². The van der Waals surface area contributed by atoms with Crippen molar-refractivity contribution in [2.24, 2.45) is 0 Å². The quantitative estimate of drug-likeness (QED) is 0.557. The number of morpholine rings is 1. The van der Waals surface area contributed by atoms with Gasteiger partial charge in [-0.15, -0.1) is 0 Å². The SMILES string of the molecule is CCn1c(C(C#N)c2nc(NC(=O)C3CN(C(=O)OC(C)(C)C)CCO3)ncc2C)nc2ccccc21. The van der Waals surface area contributed by atoms with Crippen LogP contribution in [0.5, 0.6) is 0 Å². The lowest BCUT2D eigenvalue weighted by atomic mass is 10.0. The number of carbonyl (C=O) groups excluding carboxylic acids is 2. The highest BCUT2D eigenvalue weighted by molar-refractivity contribution is 5.93. The van der Waals surface area contributed by atoms with Crippen molar-refractivity contribution in [3.63, 3.8) is 0 Å². The van der Waals surface area contributed by atoms with Gasteiger partial charge in [0.25, 0.3) is 5.91 Å².